The molecule has 0 bridgehead atoms. The van der Waals surface area contributed by atoms with E-state index < -0.39 is 0 Å². The van der Waals surface area contributed by atoms with Gasteiger partial charge in [-0.2, -0.15) is 0 Å². The van der Waals surface area contributed by atoms with Crippen molar-refractivity contribution in [3.63, 3.8) is 0 Å². The molecule has 0 amide bonds. The molecular weight excluding hydrogens is 212 g/mol. The summed E-state index contributed by atoms with van der Waals surface area (Å²) >= 11 is 0. The Morgan fingerprint density at radius 1 is 1.59 bits per heavy atom. The van der Waals surface area contributed by atoms with Crippen LogP contribution < -0.4 is 0 Å². The molecule has 1 fully saturated rings. The number of likely N-dealkylation sites (tertiary alicyclic amines) is 1. The quantitative estimate of drug-likeness (QED) is 0.869. The van der Waals surface area contributed by atoms with Crippen molar-refractivity contribution < 1.29 is 5.11 Å². The Morgan fingerprint density at radius 2 is 2.41 bits per heavy atom. The van der Waals surface area contributed by atoms with Gasteiger partial charge in [0.1, 0.15) is 0 Å². The summed E-state index contributed by atoms with van der Waals surface area (Å²) in [5, 5.41) is 9.68. The fourth-order valence-corrected chi connectivity index (χ4v) is 2.55. The van der Waals surface area contributed by atoms with Gasteiger partial charge in [0, 0.05) is 25.0 Å². The number of rotatable bonds is 3. The maximum Gasteiger partial charge on any atom is 0.0552 e. The summed E-state index contributed by atoms with van der Waals surface area (Å²) in [5.41, 5.74) is 2.42. The number of pyridine rings is 1. The van der Waals surface area contributed by atoms with Gasteiger partial charge in [0.05, 0.1) is 6.10 Å². The van der Waals surface area contributed by atoms with Crippen LogP contribution in [0.2, 0.25) is 0 Å². The fraction of sp³-hybridized carbons (Fsp3) is 0.643. The van der Waals surface area contributed by atoms with Crippen molar-refractivity contribution in [1.82, 2.24) is 9.88 Å². The largest absolute Gasteiger partial charge is 0.393 e. The molecule has 3 heteroatoms. The van der Waals surface area contributed by atoms with E-state index in [1.54, 1.807) is 0 Å². The summed E-state index contributed by atoms with van der Waals surface area (Å²) in [4.78, 5) is 6.76. The van der Waals surface area contributed by atoms with Crippen molar-refractivity contribution in [2.75, 3.05) is 13.1 Å². The predicted molar refractivity (Wildman–Crippen MR) is 68.7 cm³/mol. The first-order valence-corrected chi connectivity index (χ1v) is 6.47. The summed E-state index contributed by atoms with van der Waals surface area (Å²) in [6, 6.07) is 4.15. The lowest BCUT2D eigenvalue weighted by Crippen LogP contribution is -2.39. The van der Waals surface area contributed by atoms with E-state index in [0.717, 1.165) is 31.7 Å². The molecule has 0 saturated carbocycles. The minimum Gasteiger partial charge on any atom is -0.393 e. The molecular formula is C14H22N2O. The molecule has 2 heterocycles. The van der Waals surface area contributed by atoms with Gasteiger partial charge in [-0.15, -0.1) is 0 Å². The van der Waals surface area contributed by atoms with Crippen LogP contribution in [0.3, 0.4) is 0 Å². The number of aromatic nitrogens is 1. The second kappa shape index (κ2) is 5.61. The zero-order valence-corrected chi connectivity index (χ0v) is 10.8. The highest BCUT2D eigenvalue weighted by atomic mass is 16.3. The number of hydrogen-bond donors (Lipinski definition) is 1. The van der Waals surface area contributed by atoms with Crippen LogP contribution in [0.25, 0.3) is 0 Å². The average molecular weight is 234 g/mol. The molecule has 1 aromatic rings. The van der Waals surface area contributed by atoms with E-state index in [-0.39, 0.29) is 6.10 Å². The Bertz CT molecular complexity index is 365. The van der Waals surface area contributed by atoms with Gasteiger partial charge in [0.15, 0.2) is 0 Å². The van der Waals surface area contributed by atoms with E-state index in [9.17, 15) is 5.11 Å². The molecule has 1 aromatic heterocycles. The summed E-state index contributed by atoms with van der Waals surface area (Å²) < 4.78 is 0. The fourth-order valence-electron chi connectivity index (χ4n) is 2.55. The van der Waals surface area contributed by atoms with Gasteiger partial charge in [-0.3, -0.25) is 9.88 Å². The maximum absolute atomic E-state index is 9.68. The Morgan fingerprint density at radius 3 is 3.12 bits per heavy atom. The number of aryl methyl sites for hydroxylation is 1. The third-order valence-corrected chi connectivity index (χ3v) is 3.73. The third kappa shape index (κ3) is 3.27. The van der Waals surface area contributed by atoms with Crippen molar-refractivity contribution in [2.24, 2.45) is 5.92 Å². The maximum atomic E-state index is 9.68. The Hall–Kier alpha value is -0.930. The molecule has 2 atom stereocenters. The summed E-state index contributed by atoms with van der Waals surface area (Å²) in [7, 11) is 0. The van der Waals surface area contributed by atoms with E-state index in [2.05, 4.69) is 22.9 Å². The SMILES string of the molecule is Cc1ncccc1CN1CCC[C@H]([C@H](C)O)C1. The molecule has 1 N–H and O–H groups in total. The van der Waals surface area contributed by atoms with Crippen LogP contribution in [0.1, 0.15) is 31.0 Å². The molecule has 1 aliphatic heterocycles. The van der Waals surface area contributed by atoms with Gasteiger partial charge in [0.2, 0.25) is 0 Å². The van der Waals surface area contributed by atoms with Crippen LogP contribution in [-0.2, 0) is 6.54 Å². The second-order valence-electron chi connectivity index (χ2n) is 5.13. The molecule has 1 aliphatic rings. The summed E-state index contributed by atoms with van der Waals surface area (Å²) in [5.74, 6) is 0.431. The Kier molecular flexibility index (Phi) is 4.13. The predicted octanol–water partition coefficient (Wildman–Crippen LogP) is 1.98. The molecule has 0 spiro atoms. The van der Waals surface area contributed by atoms with Crippen molar-refractivity contribution in [1.29, 1.82) is 0 Å². The Balaban J connectivity index is 1.97. The van der Waals surface area contributed by atoms with E-state index in [1.807, 2.05) is 19.2 Å². The molecule has 94 valence electrons. The van der Waals surface area contributed by atoms with Gasteiger partial charge in [0.25, 0.3) is 0 Å². The van der Waals surface area contributed by atoms with Gasteiger partial charge in [-0.25, -0.2) is 0 Å². The second-order valence-corrected chi connectivity index (χ2v) is 5.13. The third-order valence-electron chi connectivity index (χ3n) is 3.73. The first kappa shape index (κ1) is 12.5. The molecule has 0 aliphatic carbocycles. The van der Waals surface area contributed by atoms with Crippen molar-refractivity contribution in [2.45, 2.75) is 39.3 Å². The van der Waals surface area contributed by atoms with Crippen LogP contribution in [0.15, 0.2) is 18.3 Å². The lowest BCUT2D eigenvalue weighted by Gasteiger charge is -2.34. The highest BCUT2D eigenvalue weighted by Gasteiger charge is 2.23. The topological polar surface area (TPSA) is 36.4 Å². The summed E-state index contributed by atoms with van der Waals surface area (Å²) in [6.45, 7) is 7.07. The molecule has 1 saturated heterocycles. The van der Waals surface area contributed by atoms with Crippen molar-refractivity contribution in [3.8, 4) is 0 Å². The molecule has 2 rings (SSSR count). The van der Waals surface area contributed by atoms with E-state index in [0.29, 0.717) is 5.92 Å². The Labute approximate surface area is 103 Å². The smallest absolute Gasteiger partial charge is 0.0552 e. The first-order chi connectivity index (χ1) is 8.16. The van der Waals surface area contributed by atoms with Gasteiger partial charge < -0.3 is 5.11 Å². The average Bonchev–Trinajstić information content (AvgIpc) is 2.32. The monoisotopic (exact) mass is 234 g/mol. The normalized spacial score (nSPS) is 23.6. The van der Waals surface area contributed by atoms with Crippen LogP contribution in [0, 0.1) is 12.8 Å². The highest BCUT2D eigenvalue weighted by Crippen LogP contribution is 2.21. The number of nitrogens with zero attached hydrogens (tertiary/aromatic N) is 2. The lowest BCUT2D eigenvalue weighted by molar-refractivity contribution is 0.0598. The van der Waals surface area contributed by atoms with Crippen LogP contribution in [0.4, 0.5) is 0 Å². The number of aliphatic hydroxyl groups is 1. The van der Waals surface area contributed by atoms with Gasteiger partial charge in [-0.1, -0.05) is 6.07 Å². The van der Waals surface area contributed by atoms with E-state index in [4.69, 9.17) is 0 Å². The standard InChI is InChI=1S/C14H22N2O/c1-11-13(5-3-7-15-11)9-16-8-4-6-14(10-16)12(2)17/h3,5,7,12,14,17H,4,6,8-10H2,1-2H3/t12-,14-/m0/s1. The van der Waals surface area contributed by atoms with Gasteiger partial charge >= 0.3 is 0 Å². The molecule has 0 aromatic carbocycles. The van der Waals surface area contributed by atoms with Crippen LogP contribution >= 0.6 is 0 Å². The molecule has 0 radical (unpaired) electrons. The summed E-state index contributed by atoms with van der Waals surface area (Å²) in [6.07, 6.45) is 4.00. The van der Waals surface area contributed by atoms with Crippen LogP contribution in [0.5, 0.6) is 0 Å². The number of piperidine rings is 1. The molecule has 3 nitrogen and oxygen atoms in total. The number of aliphatic hydroxyl groups excluding tert-OH is 1. The zero-order valence-electron chi connectivity index (χ0n) is 10.8. The first-order valence-electron chi connectivity index (χ1n) is 6.47. The van der Waals surface area contributed by atoms with Crippen molar-refractivity contribution in [3.05, 3.63) is 29.6 Å². The van der Waals surface area contributed by atoms with Crippen LogP contribution in [-0.4, -0.2) is 34.2 Å². The minimum absolute atomic E-state index is 0.187. The van der Waals surface area contributed by atoms with Gasteiger partial charge in [-0.05, 0) is 50.8 Å². The number of hydrogen-bond acceptors (Lipinski definition) is 3. The van der Waals surface area contributed by atoms with Crippen molar-refractivity contribution >= 4 is 0 Å². The zero-order chi connectivity index (χ0) is 12.3. The highest BCUT2D eigenvalue weighted by molar-refractivity contribution is 5.18. The van der Waals surface area contributed by atoms with E-state index >= 15 is 0 Å². The lowest BCUT2D eigenvalue weighted by atomic mass is 9.93. The van der Waals surface area contributed by atoms with E-state index in [1.165, 1.54) is 12.0 Å². The molecule has 0 unspecified atom stereocenters. The minimum atomic E-state index is -0.187. The molecule has 17 heavy (non-hydrogen) atoms.